The first kappa shape index (κ1) is 21.0. The minimum absolute atomic E-state index is 0.151. The maximum atomic E-state index is 12.8. The quantitative estimate of drug-likeness (QED) is 0.813. The molecule has 156 valence electrons. The molecule has 0 saturated carbocycles. The second-order valence-electron chi connectivity index (χ2n) is 6.79. The molecule has 29 heavy (non-hydrogen) atoms. The van der Waals surface area contributed by atoms with E-state index in [1.54, 1.807) is 25.1 Å². The summed E-state index contributed by atoms with van der Waals surface area (Å²) in [5.74, 6) is -0.371. The fourth-order valence-electron chi connectivity index (χ4n) is 2.97. The Balaban J connectivity index is 1.76. The van der Waals surface area contributed by atoms with Crippen molar-refractivity contribution in [3.8, 4) is 5.75 Å². The van der Waals surface area contributed by atoms with Crippen molar-refractivity contribution >= 4 is 21.6 Å². The van der Waals surface area contributed by atoms with Gasteiger partial charge in [0.2, 0.25) is 10.0 Å². The molecule has 2 aromatic rings. The smallest absolute Gasteiger partial charge is 0.416 e. The molecular formula is C19H19F3N2O4S. The minimum atomic E-state index is -4.48. The first-order valence-electron chi connectivity index (χ1n) is 8.64. The molecule has 1 unspecified atom stereocenters. The van der Waals surface area contributed by atoms with Crippen LogP contribution in [0.1, 0.15) is 16.7 Å². The summed E-state index contributed by atoms with van der Waals surface area (Å²) in [5.41, 5.74) is 0.605. The van der Waals surface area contributed by atoms with Crippen molar-refractivity contribution in [2.45, 2.75) is 25.7 Å². The summed E-state index contributed by atoms with van der Waals surface area (Å²) in [6.45, 7) is 1.41. The summed E-state index contributed by atoms with van der Waals surface area (Å²) in [7, 11) is -3.66. The molecule has 0 aromatic heterocycles. The normalized spacial score (nSPS) is 16.7. The van der Waals surface area contributed by atoms with E-state index in [1.165, 1.54) is 12.1 Å². The summed E-state index contributed by atoms with van der Waals surface area (Å²) in [6.07, 6.45) is -4.59. The Labute approximate surface area is 166 Å². The lowest BCUT2D eigenvalue weighted by molar-refractivity contribution is -0.137. The Morgan fingerprint density at radius 3 is 2.62 bits per heavy atom. The Bertz CT molecular complexity index is 1040. The van der Waals surface area contributed by atoms with E-state index in [0.29, 0.717) is 5.69 Å². The molecular weight excluding hydrogens is 409 g/mol. The number of aryl methyl sites for hydroxylation is 1. The van der Waals surface area contributed by atoms with Crippen LogP contribution in [0.25, 0.3) is 0 Å². The first-order valence-corrected chi connectivity index (χ1v) is 10.5. The lowest BCUT2D eigenvalue weighted by Gasteiger charge is -2.34. The zero-order chi connectivity index (χ0) is 21.4. The van der Waals surface area contributed by atoms with Crippen LogP contribution < -0.4 is 14.4 Å². The Morgan fingerprint density at radius 2 is 1.97 bits per heavy atom. The van der Waals surface area contributed by atoms with Gasteiger partial charge in [-0.3, -0.25) is 9.10 Å². The van der Waals surface area contributed by atoms with E-state index in [-0.39, 0.29) is 24.4 Å². The van der Waals surface area contributed by atoms with Gasteiger partial charge in [0.15, 0.2) is 6.10 Å². The van der Waals surface area contributed by atoms with Gasteiger partial charge in [-0.05, 0) is 42.3 Å². The van der Waals surface area contributed by atoms with Crippen molar-refractivity contribution in [2.24, 2.45) is 0 Å². The summed E-state index contributed by atoms with van der Waals surface area (Å²) in [5, 5.41) is 2.51. The standard InChI is InChI=1S/C19H19F3N2O4S/c1-12-6-7-15-16(8-12)28-17(11-24(15)29(2,26)27)18(25)23-10-13-4-3-5-14(9-13)19(20,21)22/h3-9,17H,10-11H2,1-2H3,(H,23,25). The van der Waals surface area contributed by atoms with Crippen molar-refractivity contribution in [2.75, 3.05) is 17.1 Å². The number of anilines is 1. The third-order valence-electron chi connectivity index (χ3n) is 4.40. The van der Waals surface area contributed by atoms with Gasteiger partial charge in [0, 0.05) is 6.54 Å². The second-order valence-corrected chi connectivity index (χ2v) is 8.69. The number of benzene rings is 2. The molecule has 6 nitrogen and oxygen atoms in total. The zero-order valence-corrected chi connectivity index (χ0v) is 16.5. The predicted molar refractivity (Wildman–Crippen MR) is 101 cm³/mol. The molecule has 0 fully saturated rings. The van der Waals surface area contributed by atoms with Crippen LogP contribution in [0.5, 0.6) is 5.75 Å². The van der Waals surface area contributed by atoms with E-state index in [1.807, 2.05) is 0 Å². The summed E-state index contributed by atoms with van der Waals surface area (Å²) >= 11 is 0. The fourth-order valence-corrected chi connectivity index (χ4v) is 3.89. The van der Waals surface area contributed by atoms with Gasteiger partial charge in [-0.2, -0.15) is 13.2 Å². The van der Waals surface area contributed by atoms with E-state index >= 15 is 0 Å². The van der Waals surface area contributed by atoms with Crippen LogP contribution in [0.4, 0.5) is 18.9 Å². The number of fused-ring (bicyclic) bond motifs is 1. The van der Waals surface area contributed by atoms with Crippen LogP contribution in [-0.4, -0.2) is 33.2 Å². The molecule has 0 aliphatic carbocycles. The van der Waals surface area contributed by atoms with Crippen molar-refractivity contribution in [3.05, 3.63) is 59.2 Å². The number of rotatable bonds is 4. The highest BCUT2D eigenvalue weighted by molar-refractivity contribution is 7.92. The highest BCUT2D eigenvalue weighted by Crippen LogP contribution is 2.35. The summed E-state index contributed by atoms with van der Waals surface area (Å²) < 4.78 is 69.5. The first-order chi connectivity index (χ1) is 13.4. The molecule has 10 heteroatoms. The predicted octanol–water partition coefficient (Wildman–Crippen LogP) is 2.86. The van der Waals surface area contributed by atoms with Crippen LogP contribution in [-0.2, 0) is 27.5 Å². The van der Waals surface area contributed by atoms with Crippen molar-refractivity contribution in [1.29, 1.82) is 0 Å². The number of hydrogen-bond donors (Lipinski definition) is 1. The molecule has 0 bridgehead atoms. The van der Waals surface area contributed by atoms with Gasteiger partial charge in [-0.25, -0.2) is 8.42 Å². The lowest BCUT2D eigenvalue weighted by atomic mass is 10.1. The molecule has 1 heterocycles. The van der Waals surface area contributed by atoms with Gasteiger partial charge in [-0.1, -0.05) is 18.2 Å². The molecule has 1 amide bonds. The second kappa shape index (κ2) is 7.58. The molecule has 1 atom stereocenters. The molecule has 1 aliphatic rings. The number of hydrogen-bond acceptors (Lipinski definition) is 4. The van der Waals surface area contributed by atoms with Crippen LogP contribution in [0.3, 0.4) is 0 Å². The molecule has 0 radical (unpaired) electrons. The maximum Gasteiger partial charge on any atom is 0.416 e. The van der Waals surface area contributed by atoms with Gasteiger partial charge < -0.3 is 10.1 Å². The van der Waals surface area contributed by atoms with E-state index in [4.69, 9.17) is 4.74 Å². The third-order valence-corrected chi connectivity index (χ3v) is 5.55. The molecule has 3 rings (SSSR count). The van der Waals surface area contributed by atoms with Gasteiger partial charge in [-0.15, -0.1) is 0 Å². The maximum absolute atomic E-state index is 12.8. The van der Waals surface area contributed by atoms with E-state index in [9.17, 15) is 26.4 Å². The van der Waals surface area contributed by atoms with Gasteiger partial charge in [0.1, 0.15) is 5.75 Å². The Hall–Kier alpha value is -2.75. The zero-order valence-electron chi connectivity index (χ0n) is 15.7. The number of nitrogens with one attached hydrogen (secondary N) is 1. The molecule has 2 aromatic carbocycles. The highest BCUT2D eigenvalue weighted by Gasteiger charge is 2.35. The number of ether oxygens (including phenoxy) is 1. The third kappa shape index (κ3) is 4.81. The largest absolute Gasteiger partial charge is 0.476 e. The van der Waals surface area contributed by atoms with E-state index < -0.39 is 33.8 Å². The van der Waals surface area contributed by atoms with Crippen molar-refractivity contribution < 1.29 is 31.1 Å². The van der Waals surface area contributed by atoms with Gasteiger partial charge >= 0.3 is 6.18 Å². The molecule has 1 N–H and O–H groups in total. The van der Waals surface area contributed by atoms with Gasteiger partial charge in [0.05, 0.1) is 24.1 Å². The lowest BCUT2D eigenvalue weighted by Crippen LogP contribution is -2.50. The van der Waals surface area contributed by atoms with Crippen LogP contribution >= 0.6 is 0 Å². The highest BCUT2D eigenvalue weighted by atomic mass is 32.2. The number of amides is 1. The Kier molecular flexibility index (Phi) is 5.48. The van der Waals surface area contributed by atoms with E-state index in [0.717, 1.165) is 28.3 Å². The number of halogens is 3. The van der Waals surface area contributed by atoms with Crippen LogP contribution in [0.15, 0.2) is 42.5 Å². The molecule has 0 spiro atoms. The SMILES string of the molecule is Cc1ccc2c(c1)OC(C(=O)NCc1cccc(C(F)(F)F)c1)CN2S(C)(=O)=O. The summed E-state index contributed by atoms with van der Waals surface area (Å²) in [6, 6.07) is 9.56. The molecule has 0 saturated heterocycles. The van der Waals surface area contributed by atoms with Gasteiger partial charge in [0.25, 0.3) is 5.91 Å². The minimum Gasteiger partial charge on any atom is -0.476 e. The number of sulfonamides is 1. The topological polar surface area (TPSA) is 75.7 Å². The summed E-state index contributed by atoms with van der Waals surface area (Å²) in [4.78, 5) is 12.5. The van der Waals surface area contributed by atoms with Crippen molar-refractivity contribution in [1.82, 2.24) is 5.32 Å². The van der Waals surface area contributed by atoms with E-state index in [2.05, 4.69) is 5.32 Å². The van der Waals surface area contributed by atoms with Crippen LogP contribution in [0.2, 0.25) is 0 Å². The number of alkyl halides is 3. The average molecular weight is 428 g/mol. The Morgan fingerprint density at radius 1 is 1.24 bits per heavy atom. The van der Waals surface area contributed by atoms with Crippen molar-refractivity contribution in [3.63, 3.8) is 0 Å². The number of nitrogens with zero attached hydrogens (tertiary/aromatic N) is 1. The number of carbonyl (C=O) groups excluding carboxylic acids is 1. The van der Waals surface area contributed by atoms with Crippen LogP contribution in [0, 0.1) is 6.92 Å². The number of carbonyl (C=O) groups is 1. The fraction of sp³-hybridized carbons (Fsp3) is 0.316. The average Bonchev–Trinajstić information content (AvgIpc) is 2.63. The monoisotopic (exact) mass is 428 g/mol. The molecule has 1 aliphatic heterocycles.